The molecule has 3 heterocycles. The number of primary amides is 1. The van der Waals surface area contributed by atoms with Crippen molar-refractivity contribution in [1.29, 1.82) is 0 Å². The molecule has 2 aromatic heterocycles. The van der Waals surface area contributed by atoms with E-state index in [-0.39, 0.29) is 23.8 Å². The lowest BCUT2D eigenvalue weighted by Gasteiger charge is -2.19. The SMILES string of the molecule is COCC(=O)N1CCc2cc(OC)c(Nc3cc4c(Nc5cccc(F)c5C(N)=O)cncc4[nH]3)cc21. The Morgan fingerprint density at radius 1 is 1.14 bits per heavy atom. The van der Waals surface area contributed by atoms with Crippen molar-refractivity contribution in [3.05, 3.63) is 65.7 Å². The number of benzene rings is 2. The molecule has 37 heavy (non-hydrogen) atoms. The summed E-state index contributed by atoms with van der Waals surface area (Å²) in [5.41, 5.74) is 9.11. The van der Waals surface area contributed by atoms with E-state index >= 15 is 0 Å². The van der Waals surface area contributed by atoms with Gasteiger partial charge in [0.2, 0.25) is 0 Å². The van der Waals surface area contributed by atoms with Gasteiger partial charge in [0.25, 0.3) is 11.8 Å². The molecule has 10 nitrogen and oxygen atoms in total. The van der Waals surface area contributed by atoms with Crippen molar-refractivity contribution in [1.82, 2.24) is 9.97 Å². The summed E-state index contributed by atoms with van der Waals surface area (Å²) in [6.45, 7) is 0.576. The average molecular weight is 505 g/mol. The van der Waals surface area contributed by atoms with E-state index in [0.717, 1.165) is 23.1 Å². The number of halogens is 1. The highest BCUT2D eigenvalue weighted by atomic mass is 19.1. The minimum absolute atomic E-state index is 0.00179. The van der Waals surface area contributed by atoms with Gasteiger partial charge in [0, 0.05) is 24.7 Å². The zero-order chi connectivity index (χ0) is 26.1. The smallest absolute Gasteiger partial charge is 0.253 e. The lowest BCUT2D eigenvalue weighted by atomic mass is 10.1. The highest BCUT2D eigenvalue weighted by Crippen LogP contribution is 2.39. The number of methoxy groups -OCH3 is 2. The van der Waals surface area contributed by atoms with Crippen LogP contribution in [0.5, 0.6) is 5.75 Å². The number of nitrogens with two attached hydrogens (primary N) is 1. The predicted octanol–water partition coefficient (Wildman–Crippen LogP) is 3.83. The van der Waals surface area contributed by atoms with Crippen LogP contribution in [0.15, 0.2) is 48.8 Å². The number of H-pyrrole nitrogens is 1. The van der Waals surface area contributed by atoms with Gasteiger partial charge in [-0.3, -0.25) is 14.6 Å². The first-order chi connectivity index (χ1) is 17.9. The largest absolute Gasteiger partial charge is 0.495 e. The Kier molecular flexibility index (Phi) is 6.36. The third kappa shape index (κ3) is 4.52. The van der Waals surface area contributed by atoms with Crippen LogP contribution in [0.25, 0.3) is 10.9 Å². The summed E-state index contributed by atoms with van der Waals surface area (Å²) in [5, 5.41) is 7.14. The molecule has 0 radical (unpaired) electrons. The summed E-state index contributed by atoms with van der Waals surface area (Å²) >= 11 is 0. The van der Waals surface area contributed by atoms with Gasteiger partial charge < -0.3 is 35.7 Å². The van der Waals surface area contributed by atoms with Crippen molar-refractivity contribution in [2.75, 3.05) is 42.9 Å². The standard InChI is InChI=1S/C26H25FN6O4/c1-36-13-24(34)33-7-6-14-8-22(37-2)18(10-21(14)33)31-23-9-15-19(11-29-12-20(15)32-23)30-17-5-3-4-16(27)25(17)26(28)35/h3-5,8-12,30-32H,6-7,13H2,1-2H3,(H2,28,35). The maximum atomic E-state index is 14.2. The predicted molar refractivity (Wildman–Crippen MR) is 139 cm³/mol. The molecule has 1 aliphatic rings. The molecule has 0 fully saturated rings. The molecule has 11 heteroatoms. The molecule has 4 aromatic rings. The number of carbonyl (C=O) groups is 2. The minimum Gasteiger partial charge on any atom is -0.495 e. The third-order valence-electron chi connectivity index (χ3n) is 6.21. The normalized spacial score (nSPS) is 12.5. The molecule has 0 bridgehead atoms. The van der Waals surface area contributed by atoms with E-state index in [1.54, 1.807) is 30.5 Å². The van der Waals surface area contributed by atoms with Crippen molar-refractivity contribution in [2.45, 2.75) is 6.42 Å². The van der Waals surface area contributed by atoms with Gasteiger partial charge in [-0.2, -0.15) is 0 Å². The average Bonchev–Trinajstić information content (AvgIpc) is 3.47. The van der Waals surface area contributed by atoms with Crippen LogP contribution in [0.1, 0.15) is 15.9 Å². The molecule has 1 aliphatic heterocycles. The van der Waals surface area contributed by atoms with Crippen molar-refractivity contribution in [2.24, 2.45) is 5.73 Å². The van der Waals surface area contributed by atoms with Gasteiger partial charge >= 0.3 is 0 Å². The van der Waals surface area contributed by atoms with E-state index < -0.39 is 11.7 Å². The molecular formula is C26H25FN6O4. The maximum Gasteiger partial charge on any atom is 0.253 e. The van der Waals surface area contributed by atoms with Gasteiger partial charge in [-0.15, -0.1) is 0 Å². The van der Waals surface area contributed by atoms with Crippen molar-refractivity contribution in [3.8, 4) is 5.75 Å². The fourth-order valence-corrected chi connectivity index (χ4v) is 4.53. The molecule has 2 aromatic carbocycles. The highest BCUT2D eigenvalue weighted by Gasteiger charge is 2.26. The molecule has 0 spiro atoms. The molecule has 0 saturated carbocycles. The summed E-state index contributed by atoms with van der Waals surface area (Å²) < 4.78 is 24.9. The number of nitrogens with one attached hydrogen (secondary N) is 3. The monoisotopic (exact) mass is 504 g/mol. The molecule has 0 unspecified atom stereocenters. The molecule has 0 aliphatic carbocycles. The van der Waals surface area contributed by atoms with Gasteiger partial charge in [-0.1, -0.05) is 6.07 Å². The van der Waals surface area contributed by atoms with E-state index in [0.29, 0.717) is 35.0 Å². The summed E-state index contributed by atoms with van der Waals surface area (Å²) in [7, 11) is 3.08. The zero-order valence-electron chi connectivity index (χ0n) is 20.2. The van der Waals surface area contributed by atoms with E-state index in [1.165, 1.54) is 19.2 Å². The second kappa shape index (κ2) is 9.78. The van der Waals surface area contributed by atoms with Gasteiger partial charge in [-0.05, 0) is 42.3 Å². The molecular weight excluding hydrogens is 479 g/mol. The molecule has 0 saturated heterocycles. The second-order valence-electron chi connectivity index (χ2n) is 8.52. The van der Waals surface area contributed by atoms with Crippen LogP contribution >= 0.6 is 0 Å². The number of rotatable bonds is 8. The fourth-order valence-electron chi connectivity index (χ4n) is 4.53. The first-order valence-electron chi connectivity index (χ1n) is 11.5. The number of aromatic nitrogens is 2. The number of pyridine rings is 1. The minimum atomic E-state index is -0.876. The van der Waals surface area contributed by atoms with Gasteiger partial charge in [0.05, 0.1) is 47.6 Å². The first-order valence-corrected chi connectivity index (χ1v) is 11.5. The van der Waals surface area contributed by atoms with Crippen LogP contribution in [0.4, 0.5) is 33.0 Å². The molecule has 190 valence electrons. The Hall–Kier alpha value is -4.64. The third-order valence-corrected chi connectivity index (χ3v) is 6.21. The Labute approximate surface area is 211 Å². The number of hydrogen-bond acceptors (Lipinski definition) is 7. The van der Waals surface area contributed by atoms with Crippen LogP contribution in [-0.2, 0) is 16.0 Å². The maximum absolute atomic E-state index is 14.2. The molecule has 0 atom stereocenters. The van der Waals surface area contributed by atoms with Gasteiger partial charge in [0.1, 0.15) is 24.0 Å². The van der Waals surface area contributed by atoms with Crippen LogP contribution in [0.2, 0.25) is 0 Å². The number of nitrogens with zero attached hydrogens (tertiary/aromatic N) is 2. The summed E-state index contributed by atoms with van der Waals surface area (Å²) in [6, 6.07) is 9.88. The van der Waals surface area contributed by atoms with Crippen LogP contribution < -0.4 is 26.0 Å². The van der Waals surface area contributed by atoms with Crippen LogP contribution in [-0.4, -0.2) is 49.2 Å². The quantitative estimate of drug-likeness (QED) is 0.286. The second-order valence-corrected chi connectivity index (χ2v) is 8.52. The highest BCUT2D eigenvalue weighted by molar-refractivity contribution is 6.02. The number of fused-ring (bicyclic) bond motifs is 2. The van der Waals surface area contributed by atoms with E-state index in [1.807, 2.05) is 18.2 Å². The first kappa shape index (κ1) is 24.1. The summed E-state index contributed by atoms with van der Waals surface area (Å²) in [5.74, 6) is -0.445. The number of amides is 2. The lowest BCUT2D eigenvalue weighted by molar-refractivity contribution is -0.122. The number of ether oxygens (including phenoxy) is 2. The zero-order valence-corrected chi connectivity index (χ0v) is 20.2. The summed E-state index contributed by atoms with van der Waals surface area (Å²) in [6.07, 6.45) is 3.95. The number of carbonyl (C=O) groups excluding carboxylic acids is 2. The number of aromatic amines is 1. The lowest BCUT2D eigenvalue weighted by Crippen LogP contribution is -2.32. The molecule has 2 amide bonds. The van der Waals surface area contributed by atoms with Gasteiger partial charge in [0.15, 0.2) is 0 Å². The van der Waals surface area contributed by atoms with Gasteiger partial charge in [-0.25, -0.2) is 4.39 Å². The number of anilines is 5. The topological polar surface area (TPSA) is 135 Å². The van der Waals surface area contributed by atoms with Crippen molar-refractivity contribution in [3.63, 3.8) is 0 Å². The number of hydrogen-bond donors (Lipinski definition) is 4. The van der Waals surface area contributed by atoms with Crippen molar-refractivity contribution >= 4 is 51.3 Å². The van der Waals surface area contributed by atoms with Crippen LogP contribution in [0, 0.1) is 5.82 Å². The Morgan fingerprint density at radius 3 is 2.73 bits per heavy atom. The molecule has 5 rings (SSSR count). The van der Waals surface area contributed by atoms with E-state index in [9.17, 15) is 14.0 Å². The Bertz CT molecular complexity index is 1520. The van der Waals surface area contributed by atoms with Crippen LogP contribution in [0.3, 0.4) is 0 Å². The molecule has 5 N–H and O–H groups in total. The fraction of sp³-hybridized carbons (Fsp3) is 0.192. The van der Waals surface area contributed by atoms with E-state index in [4.69, 9.17) is 15.2 Å². The van der Waals surface area contributed by atoms with E-state index in [2.05, 4.69) is 20.6 Å². The Balaban J connectivity index is 1.48. The van der Waals surface area contributed by atoms with Crippen molar-refractivity contribution < 1.29 is 23.5 Å². The summed E-state index contributed by atoms with van der Waals surface area (Å²) in [4.78, 5) is 33.5. The Morgan fingerprint density at radius 2 is 1.97 bits per heavy atom.